The summed E-state index contributed by atoms with van der Waals surface area (Å²) in [6.45, 7) is 6.60. The van der Waals surface area contributed by atoms with Crippen molar-refractivity contribution in [2.24, 2.45) is 0 Å². The van der Waals surface area contributed by atoms with E-state index < -0.39 is 0 Å². The molecule has 0 amide bonds. The fraction of sp³-hybridized carbons (Fsp3) is 0.0769. The van der Waals surface area contributed by atoms with Crippen molar-refractivity contribution in [1.29, 1.82) is 0 Å². The second kappa shape index (κ2) is 38.9. The van der Waals surface area contributed by atoms with Crippen molar-refractivity contribution in [3.05, 3.63) is 552 Å². The van der Waals surface area contributed by atoms with Crippen LogP contribution in [0.1, 0.15) is 81.0 Å². The first kappa shape index (κ1) is 85.3. The van der Waals surface area contributed by atoms with Crippen molar-refractivity contribution in [3.63, 3.8) is 0 Å². The van der Waals surface area contributed by atoms with Crippen molar-refractivity contribution in [2.75, 3.05) is 0 Å². The molecular weight excluding hydrogens is 1640 g/mol. The molecule has 0 fully saturated rings. The Kier molecular flexibility index (Phi) is 24.6. The van der Waals surface area contributed by atoms with Gasteiger partial charge < -0.3 is 18.3 Å². The molecule has 0 unspecified atom stereocenters. The van der Waals surface area contributed by atoms with Gasteiger partial charge in [0.05, 0.1) is 44.1 Å². The highest BCUT2D eigenvalue weighted by molar-refractivity contribution is 6.14. The molecule has 0 atom stereocenters. The topological polar surface area (TPSA) is 19.7 Å². The number of benzene rings is 20. The second-order valence-corrected chi connectivity index (χ2v) is 35.7. The first-order valence-electron chi connectivity index (χ1n) is 47.2. The van der Waals surface area contributed by atoms with Gasteiger partial charge in [-0.05, 0) is 299 Å². The SMILES string of the molecule is CCCCc1ccc2c(c1)c1cc(-c3ccc(Cc4ccccc4)cc3)ccc1n2-c1ccccc1.Cc1ccc2c(c1)c1cc(-c3ccc(Cc4ccccc4)cc3)ccc1n2-c1ccccc1.Cc1ccc2c(c1)c1cc(-c3ccc(Cc4ccccc4)cc3)ccc1n2-c1ccccc1.Fc1ccc2c(c1)c1cc(-c3ccc(Cc4ccccc4)cc3)ccc1n2-c1ccccc1. The minimum absolute atomic E-state index is 0.217. The Bertz CT molecular complexity index is 7670. The zero-order valence-corrected chi connectivity index (χ0v) is 76.3. The first-order chi connectivity index (χ1) is 66.6. The van der Waals surface area contributed by atoms with Crippen LogP contribution in [0.5, 0.6) is 0 Å². The number of fused-ring (bicyclic) bond motifs is 12. The second-order valence-electron chi connectivity index (χ2n) is 35.7. The Morgan fingerprint density at radius 2 is 0.378 bits per heavy atom. The predicted molar refractivity (Wildman–Crippen MR) is 570 cm³/mol. The van der Waals surface area contributed by atoms with Gasteiger partial charge in [0.15, 0.2) is 0 Å². The number of unbranched alkanes of at least 4 members (excludes halogenated alkanes) is 1. The summed E-state index contributed by atoms with van der Waals surface area (Å²) in [5, 5.41) is 9.83. The zero-order chi connectivity index (χ0) is 90.9. The van der Waals surface area contributed by atoms with Gasteiger partial charge >= 0.3 is 0 Å². The summed E-state index contributed by atoms with van der Waals surface area (Å²) in [6.07, 6.45) is 7.38. The van der Waals surface area contributed by atoms with Crippen LogP contribution in [-0.2, 0) is 32.1 Å². The summed E-state index contributed by atoms with van der Waals surface area (Å²) < 4.78 is 23.6. The molecule has 0 radical (unpaired) electrons. The molecule has 0 saturated heterocycles. The third kappa shape index (κ3) is 18.5. The van der Waals surface area contributed by atoms with Gasteiger partial charge in [0, 0.05) is 65.8 Å². The lowest BCUT2D eigenvalue weighted by atomic mass is 9.98. The van der Waals surface area contributed by atoms with Crippen LogP contribution < -0.4 is 0 Å². The Balaban J connectivity index is 0.000000108. The highest BCUT2D eigenvalue weighted by Crippen LogP contribution is 2.42. The lowest BCUT2D eigenvalue weighted by Gasteiger charge is -2.09. The van der Waals surface area contributed by atoms with Crippen molar-refractivity contribution < 1.29 is 4.39 Å². The Morgan fingerprint density at radius 1 is 0.178 bits per heavy atom. The van der Waals surface area contributed by atoms with Gasteiger partial charge in [-0.2, -0.15) is 0 Å². The molecule has 4 aromatic heterocycles. The highest BCUT2D eigenvalue weighted by Gasteiger charge is 2.21. The summed E-state index contributed by atoms with van der Waals surface area (Å²) in [4.78, 5) is 0. The molecule has 0 aliphatic rings. The van der Waals surface area contributed by atoms with Gasteiger partial charge in [0.1, 0.15) is 5.82 Å². The number of nitrogens with zero attached hydrogens (tertiary/aromatic N) is 4. The molecule has 0 aliphatic carbocycles. The maximum absolute atomic E-state index is 14.2. The van der Waals surface area contributed by atoms with Crippen LogP contribution in [0.2, 0.25) is 0 Å². The first-order valence-corrected chi connectivity index (χ1v) is 47.2. The molecule has 4 nitrogen and oxygen atoms in total. The predicted octanol–water partition coefficient (Wildman–Crippen LogP) is 34.3. The average molecular weight is 1740 g/mol. The van der Waals surface area contributed by atoms with Gasteiger partial charge in [0.25, 0.3) is 0 Å². The molecule has 0 saturated carbocycles. The van der Waals surface area contributed by atoms with Crippen LogP contribution in [-0.4, -0.2) is 18.3 Å². The lowest BCUT2D eigenvalue weighted by Crippen LogP contribution is -1.93. The van der Waals surface area contributed by atoms with E-state index in [1.54, 1.807) is 6.07 Å². The molecule has 24 aromatic rings. The Hall–Kier alpha value is -16.5. The zero-order valence-electron chi connectivity index (χ0n) is 76.3. The number of halogens is 1. The van der Waals surface area contributed by atoms with Crippen LogP contribution >= 0.6 is 0 Å². The maximum atomic E-state index is 14.2. The number of aryl methyl sites for hydroxylation is 3. The summed E-state index contributed by atoms with van der Waals surface area (Å²) in [5.41, 5.74) is 38.7. The molecule has 0 aliphatic heterocycles. The van der Waals surface area contributed by atoms with Crippen LogP contribution in [0.4, 0.5) is 4.39 Å². The Morgan fingerprint density at radius 3 is 0.644 bits per heavy atom. The summed E-state index contributed by atoms with van der Waals surface area (Å²) in [7, 11) is 0. The fourth-order valence-corrected chi connectivity index (χ4v) is 19.6. The van der Waals surface area contributed by atoms with E-state index in [1.807, 2.05) is 30.3 Å². The standard InChI is InChI=1S/C35H31N.2C32H25N.C31H22FN/c1-2-3-10-27-17-21-34-32(24-27)33-25-30(20-22-35(33)36(34)31-13-8-5-9-14-31)29-18-15-28(16-19-29)23-26-11-6-4-7-12-26;2*1-23-12-18-31-29(20-23)30-22-27(17-19-32(30)33(31)28-10-6-3-7-11-28)26-15-13-25(14-16-26)21-24-8-4-2-5-9-24;32-26-16-18-31-29(21-26)28-20-25(15-17-30(28)33(31)27-9-5-2-6-10-27)24-13-11-23(12-14-24)19-22-7-3-1-4-8-22/h4-9,11-22,24-25H,2-3,10,23H2,1H3;2*2-20,22H,21H2,1H3;1-18,20-21H,19H2. The minimum atomic E-state index is -0.217. The van der Waals surface area contributed by atoms with E-state index in [1.165, 1.54) is 196 Å². The van der Waals surface area contributed by atoms with Crippen LogP contribution in [0, 0.1) is 19.7 Å². The number of aromatic nitrogens is 4. The summed E-state index contributed by atoms with van der Waals surface area (Å²) in [6, 6.07) is 173. The molecular formula is C130H103FN4. The Labute approximate surface area is 789 Å². The molecule has 650 valence electrons. The minimum Gasteiger partial charge on any atom is -0.309 e. The van der Waals surface area contributed by atoms with Gasteiger partial charge in [-0.3, -0.25) is 0 Å². The van der Waals surface area contributed by atoms with Gasteiger partial charge in [-0.15, -0.1) is 0 Å². The molecule has 20 aromatic carbocycles. The van der Waals surface area contributed by atoms with Crippen molar-refractivity contribution >= 4 is 87.2 Å². The summed E-state index contributed by atoms with van der Waals surface area (Å²) in [5.74, 6) is -0.217. The van der Waals surface area contributed by atoms with E-state index in [-0.39, 0.29) is 5.82 Å². The third-order valence-electron chi connectivity index (χ3n) is 26.4. The smallest absolute Gasteiger partial charge is 0.123 e. The lowest BCUT2D eigenvalue weighted by molar-refractivity contribution is 0.629. The van der Waals surface area contributed by atoms with Crippen molar-refractivity contribution in [2.45, 2.75) is 65.7 Å². The third-order valence-corrected chi connectivity index (χ3v) is 26.4. The van der Waals surface area contributed by atoms with E-state index in [0.29, 0.717) is 0 Å². The average Bonchev–Trinajstić information content (AvgIpc) is 1.61. The number of hydrogen-bond donors (Lipinski definition) is 0. The molecule has 4 heterocycles. The fourth-order valence-electron chi connectivity index (χ4n) is 19.6. The van der Waals surface area contributed by atoms with E-state index in [2.05, 4.69) is 482 Å². The van der Waals surface area contributed by atoms with Crippen molar-refractivity contribution in [3.8, 4) is 67.3 Å². The summed E-state index contributed by atoms with van der Waals surface area (Å²) >= 11 is 0. The molecule has 24 rings (SSSR count). The van der Waals surface area contributed by atoms with Crippen LogP contribution in [0.25, 0.3) is 154 Å². The van der Waals surface area contributed by atoms with E-state index >= 15 is 0 Å². The van der Waals surface area contributed by atoms with Crippen molar-refractivity contribution in [1.82, 2.24) is 18.3 Å². The highest BCUT2D eigenvalue weighted by atomic mass is 19.1. The molecule has 0 spiro atoms. The number of para-hydroxylation sites is 4. The monoisotopic (exact) mass is 1740 g/mol. The number of rotatable bonds is 19. The maximum Gasteiger partial charge on any atom is 0.123 e. The largest absolute Gasteiger partial charge is 0.309 e. The van der Waals surface area contributed by atoms with Crippen LogP contribution in [0.15, 0.2) is 485 Å². The van der Waals surface area contributed by atoms with Crippen LogP contribution in [0.3, 0.4) is 0 Å². The number of hydrogen-bond acceptors (Lipinski definition) is 0. The normalized spacial score (nSPS) is 11.3. The van der Waals surface area contributed by atoms with Gasteiger partial charge in [-0.1, -0.05) is 358 Å². The quantitative estimate of drug-likeness (QED) is 0.0769. The van der Waals surface area contributed by atoms with E-state index in [4.69, 9.17) is 0 Å². The van der Waals surface area contributed by atoms with Gasteiger partial charge in [0.2, 0.25) is 0 Å². The van der Waals surface area contributed by atoms with E-state index in [9.17, 15) is 4.39 Å². The van der Waals surface area contributed by atoms with Gasteiger partial charge in [-0.25, -0.2) is 4.39 Å². The molecule has 5 heteroatoms. The molecule has 0 bridgehead atoms. The van der Waals surface area contributed by atoms with E-state index in [0.717, 1.165) is 70.7 Å². The molecule has 135 heavy (non-hydrogen) atoms. The molecule has 0 N–H and O–H groups in total.